The third-order valence-electron chi connectivity index (χ3n) is 2.11. The van der Waals surface area contributed by atoms with E-state index >= 15 is 0 Å². The molecular formula is C10H7NO3. The van der Waals surface area contributed by atoms with Crippen molar-refractivity contribution >= 4 is 5.97 Å². The Kier molecular flexibility index (Phi) is 1.86. The van der Waals surface area contributed by atoms with Gasteiger partial charge in [-0.3, -0.25) is 0 Å². The zero-order chi connectivity index (χ0) is 10.1. The molecule has 2 rings (SSSR count). The van der Waals surface area contributed by atoms with Gasteiger partial charge in [-0.1, -0.05) is 6.07 Å². The predicted molar refractivity (Wildman–Crippen MR) is 46.8 cm³/mol. The average Bonchev–Trinajstić information content (AvgIpc) is 2.56. The number of carbonyl (C=O) groups is 1. The number of carbonyl (C=O) groups excluding carboxylic acids is 1. The van der Waals surface area contributed by atoms with Crippen LogP contribution in [0.3, 0.4) is 0 Å². The lowest BCUT2D eigenvalue weighted by Crippen LogP contribution is -1.96. The van der Waals surface area contributed by atoms with Gasteiger partial charge in [0.1, 0.15) is 11.8 Å². The Morgan fingerprint density at radius 1 is 1.57 bits per heavy atom. The Balaban J connectivity index is 2.63. The van der Waals surface area contributed by atoms with E-state index in [4.69, 9.17) is 14.7 Å². The summed E-state index contributed by atoms with van der Waals surface area (Å²) in [4.78, 5) is 11.3. The first-order valence-electron chi connectivity index (χ1n) is 4.05. The van der Waals surface area contributed by atoms with Crippen molar-refractivity contribution in [3.63, 3.8) is 0 Å². The largest absolute Gasteiger partial charge is 0.496 e. The lowest BCUT2D eigenvalue weighted by Gasteiger charge is -2.05. The van der Waals surface area contributed by atoms with Gasteiger partial charge in [0.05, 0.1) is 18.2 Å². The van der Waals surface area contributed by atoms with Gasteiger partial charge in [-0.15, -0.1) is 0 Å². The molecule has 4 heteroatoms. The molecule has 0 aliphatic carbocycles. The van der Waals surface area contributed by atoms with E-state index in [2.05, 4.69) is 0 Å². The van der Waals surface area contributed by atoms with E-state index in [-0.39, 0.29) is 0 Å². The van der Waals surface area contributed by atoms with Gasteiger partial charge in [0.25, 0.3) is 0 Å². The van der Waals surface area contributed by atoms with E-state index < -0.39 is 12.1 Å². The van der Waals surface area contributed by atoms with E-state index in [0.717, 1.165) is 0 Å². The second-order valence-corrected chi connectivity index (χ2v) is 2.84. The maximum atomic E-state index is 11.3. The smallest absolute Gasteiger partial charge is 0.340 e. The van der Waals surface area contributed by atoms with Gasteiger partial charge in [0.15, 0.2) is 0 Å². The summed E-state index contributed by atoms with van der Waals surface area (Å²) in [5, 5.41) is 8.77. The summed E-state index contributed by atoms with van der Waals surface area (Å²) in [6.45, 7) is 0. The van der Waals surface area contributed by atoms with Crippen molar-refractivity contribution in [2.45, 2.75) is 6.10 Å². The summed E-state index contributed by atoms with van der Waals surface area (Å²) < 4.78 is 9.90. The number of esters is 1. The van der Waals surface area contributed by atoms with Crippen molar-refractivity contribution in [1.82, 2.24) is 0 Å². The van der Waals surface area contributed by atoms with Crippen LogP contribution in [0.25, 0.3) is 0 Å². The van der Waals surface area contributed by atoms with E-state index in [0.29, 0.717) is 16.9 Å². The SMILES string of the molecule is COc1cccc2c1[C@H](C#N)OC2=O. The highest BCUT2D eigenvalue weighted by Crippen LogP contribution is 2.36. The van der Waals surface area contributed by atoms with Gasteiger partial charge in [-0.05, 0) is 12.1 Å². The Labute approximate surface area is 80.7 Å². The van der Waals surface area contributed by atoms with Crippen LogP contribution in [0.1, 0.15) is 22.0 Å². The molecule has 4 nitrogen and oxygen atoms in total. The number of cyclic esters (lactones) is 1. The number of rotatable bonds is 1. The normalized spacial score (nSPS) is 18.3. The van der Waals surface area contributed by atoms with Crippen LogP contribution >= 0.6 is 0 Å². The zero-order valence-electron chi connectivity index (χ0n) is 7.48. The molecule has 70 valence electrons. The molecular weight excluding hydrogens is 182 g/mol. The van der Waals surface area contributed by atoms with Crippen LogP contribution in [0.5, 0.6) is 5.75 Å². The minimum absolute atomic E-state index is 0.413. The van der Waals surface area contributed by atoms with Crippen molar-refractivity contribution in [3.8, 4) is 11.8 Å². The van der Waals surface area contributed by atoms with Crippen LogP contribution in [0.2, 0.25) is 0 Å². The summed E-state index contributed by atoms with van der Waals surface area (Å²) >= 11 is 0. The molecule has 14 heavy (non-hydrogen) atoms. The van der Waals surface area contributed by atoms with Crippen molar-refractivity contribution in [3.05, 3.63) is 29.3 Å². The third-order valence-corrected chi connectivity index (χ3v) is 2.11. The second kappa shape index (κ2) is 3.04. The Morgan fingerprint density at radius 3 is 3.00 bits per heavy atom. The lowest BCUT2D eigenvalue weighted by molar-refractivity contribution is 0.0476. The molecule has 0 aromatic heterocycles. The first-order valence-corrected chi connectivity index (χ1v) is 4.05. The molecule has 1 aromatic carbocycles. The summed E-state index contributed by atoms with van der Waals surface area (Å²) in [7, 11) is 1.49. The molecule has 1 heterocycles. The van der Waals surface area contributed by atoms with E-state index in [1.54, 1.807) is 18.2 Å². The van der Waals surface area contributed by atoms with Gasteiger partial charge in [0.2, 0.25) is 6.10 Å². The highest BCUT2D eigenvalue weighted by Gasteiger charge is 2.33. The first-order chi connectivity index (χ1) is 6.77. The Morgan fingerprint density at radius 2 is 2.36 bits per heavy atom. The van der Waals surface area contributed by atoms with Crippen molar-refractivity contribution in [2.24, 2.45) is 0 Å². The first kappa shape index (κ1) is 8.57. The van der Waals surface area contributed by atoms with Crippen LogP contribution in [0.4, 0.5) is 0 Å². The minimum atomic E-state index is -0.839. The molecule has 0 radical (unpaired) electrons. The fourth-order valence-electron chi connectivity index (χ4n) is 1.49. The number of hydrogen-bond donors (Lipinski definition) is 0. The van der Waals surface area contributed by atoms with Gasteiger partial charge in [-0.25, -0.2) is 4.79 Å². The average molecular weight is 189 g/mol. The standard InChI is InChI=1S/C10H7NO3/c1-13-7-4-2-3-6-9(7)8(5-11)14-10(6)12/h2-4,8H,1H3/t8-/m0/s1. The Hall–Kier alpha value is -2.02. The maximum Gasteiger partial charge on any atom is 0.340 e. The topological polar surface area (TPSA) is 59.3 Å². The molecule has 0 saturated carbocycles. The molecule has 0 saturated heterocycles. The predicted octanol–water partition coefficient (Wildman–Crippen LogP) is 1.43. The molecule has 1 aromatic rings. The van der Waals surface area contributed by atoms with Crippen LogP contribution in [0, 0.1) is 11.3 Å². The molecule has 0 spiro atoms. The quantitative estimate of drug-likeness (QED) is 0.627. The van der Waals surface area contributed by atoms with Crippen LogP contribution in [0.15, 0.2) is 18.2 Å². The number of methoxy groups -OCH3 is 1. The monoisotopic (exact) mass is 189 g/mol. The maximum absolute atomic E-state index is 11.3. The third kappa shape index (κ3) is 1.03. The summed E-state index contributed by atoms with van der Waals surface area (Å²) in [6.07, 6.45) is -0.839. The van der Waals surface area contributed by atoms with Gasteiger partial charge < -0.3 is 9.47 Å². The van der Waals surface area contributed by atoms with Gasteiger partial charge >= 0.3 is 5.97 Å². The molecule has 1 atom stereocenters. The van der Waals surface area contributed by atoms with Gasteiger partial charge in [-0.2, -0.15) is 5.26 Å². The fraction of sp³-hybridized carbons (Fsp3) is 0.200. The minimum Gasteiger partial charge on any atom is -0.496 e. The number of benzene rings is 1. The summed E-state index contributed by atoms with van der Waals surface area (Å²) in [5.74, 6) is 0.0466. The van der Waals surface area contributed by atoms with Crippen LogP contribution in [-0.2, 0) is 4.74 Å². The van der Waals surface area contributed by atoms with Crippen molar-refractivity contribution in [2.75, 3.05) is 7.11 Å². The van der Waals surface area contributed by atoms with E-state index in [1.807, 2.05) is 6.07 Å². The van der Waals surface area contributed by atoms with Crippen LogP contribution in [-0.4, -0.2) is 13.1 Å². The highest BCUT2D eigenvalue weighted by molar-refractivity contribution is 5.95. The molecule has 1 aliphatic rings. The number of nitriles is 1. The van der Waals surface area contributed by atoms with Crippen molar-refractivity contribution < 1.29 is 14.3 Å². The number of nitrogens with zero attached hydrogens (tertiary/aromatic N) is 1. The Bertz CT molecular complexity index is 433. The lowest BCUT2D eigenvalue weighted by atomic mass is 10.0. The second-order valence-electron chi connectivity index (χ2n) is 2.84. The molecule has 0 unspecified atom stereocenters. The van der Waals surface area contributed by atoms with E-state index in [1.165, 1.54) is 7.11 Å². The molecule has 0 N–H and O–H groups in total. The fourth-order valence-corrected chi connectivity index (χ4v) is 1.49. The zero-order valence-corrected chi connectivity index (χ0v) is 7.48. The summed E-state index contributed by atoms with van der Waals surface area (Å²) in [5.41, 5.74) is 0.943. The van der Waals surface area contributed by atoms with Gasteiger partial charge in [0, 0.05) is 0 Å². The molecule has 1 aliphatic heterocycles. The van der Waals surface area contributed by atoms with E-state index in [9.17, 15) is 4.79 Å². The number of hydrogen-bond acceptors (Lipinski definition) is 4. The summed E-state index contributed by atoms with van der Waals surface area (Å²) in [6, 6.07) is 6.92. The highest BCUT2D eigenvalue weighted by atomic mass is 16.6. The molecule has 0 bridgehead atoms. The van der Waals surface area contributed by atoms with Crippen molar-refractivity contribution in [1.29, 1.82) is 5.26 Å². The molecule has 0 amide bonds. The number of ether oxygens (including phenoxy) is 2. The number of fused-ring (bicyclic) bond motifs is 1. The molecule has 0 fully saturated rings. The van der Waals surface area contributed by atoms with Crippen LogP contribution < -0.4 is 4.74 Å².